The summed E-state index contributed by atoms with van der Waals surface area (Å²) in [4.78, 5) is 5.56. The van der Waals surface area contributed by atoms with E-state index >= 15 is 0 Å². The Morgan fingerprint density at radius 3 is 0.938 bits per heavy atom. The third kappa shape index (κ3) is 12.8. The number of anilines is 6. The van der Waals surface area contributed by atoms with Gasteiger partial charge < -0.3 is 23.4 Å². The second-order valence-electron chi connectivity index (χ2n) is 40.5. The van der Waals surface area contributed by atoms with E-state index in [1.54, 1.807) is 0 Å². The van der Waals surface area contributed by atoms with E-state index in [0.29, 0.717) is 0 Å². The van der Waals surface area contributed by atoms with E-state index in [9.17, 15) is 0 Å². The van der Waals surface area contributed by atoms with Crippen molar-refractivity contribution in [2.24, 2.45) is 0 Å². The molecule has 0 amide bonds. The van der Waals surface area contributed by atoms with Crippen LogP contribution in [0.3, 0.4) is 0 Å². The average Bonchev–Trinajstić information content (AvgIpc) is 0.899. The predicted octanol–water partition coefficient (Wildman–Crippen LogP) is 32.4. The van der Waals surface area contributed by atoms with Gasteiger partial charge in [0.25, 0.3) is 6.71 Å². The van der Waals surface area contributed by atoms with Gasteiger partial charge in [0.15, 0.2) is 0 Å². The first-order chi connectivity index (χ1) is 62.9. The van der Waals surface area contributed by atoms with Crippen LogP contribution in [0.4, 0.5) is 34.1 Å². The molecular formula is C124H99BN4O. The number of rotatable bonds is 7. The first-order valence-electron chi connectivity index (χ1n) is 46.0. The topological polar surface area (TPSA) is 29.5 Å². The maximum absolute atomic E-state index is 6.90. The summed E-state index contributed by atoms with van der Waals surface area (Å²) in [7, 11) is 0. The highest BCUT2D eigenvalue weighted by atomic mass is 16.3. The molecule has 0 aliphatic carbocycles. The summed E-state index contributed by atoms with van der Waals surface area (Å²) in [6.45, 7) is 28.2. The zero-order valence-corrected chi connectivity index (χ0v) is 75.6. The quantitative estimate of drug-likeness (QED) is 0.149. The van der Waals surface area contributed by atoms with Gasteiger partial charge in [-0.05, 0) is 260 Å². The van der Waals surface area contributed by atoms with Crippen LogP contribution in [0, 0.1) is 0 Å². The van der Waals surface area contributed by atoms with E-state index in [-0.39, 0.29) is 28.4 Å². The summed E-state index contributed by atoms with van der Waals surface area (Å²) in [6, 6.07) is 147. The van der Waals surface area contributed by atoms with Crippen molar-refractivity contribution in [2.75, 3.05) is 9.80 Å². The monoisotopic (exact) mass is 1670 g/mol. The van der Waals surface area contributed by atoms with Crippen molar-refractivity contribution in [2.45, 2.75) is 105 Å². The van der Waals surface area contributed by atoms with Crippen molar-refractivity contribution >= 4 is 123 Å². The molecule has 3 aromatic heterocycles. The molecule has 0 saturated heterocycles. The second kappa shape index (κ2) is 29.3. The summed E-state index contributed by atoms with van der Waals surface area (Å²) >= 11 is 0. The molecule has 0 N–H and O–H groups in total. The van der Waals surface area contributed by atoms with Crippen molar-refractivity contribution in [3.05, 3.63) is 404 Å². The fraction of sp³-hybridized carbons (Fsp3) is 0.129. The summed E-state index contributed by atoms with van der Waals surface area (Å²) in [5.41, 5.74) is 42.8. The van der Waals surface area contributed by atoms with Crippen LogP contribution in [0.25, 0.3) is 177 Å². The van der Waals surface area contributed by atoms with Gasteiger partial charge in [-0.3, -0.25) is 0 Å². The molecule has 0 spiro atoms. The first kappa shape index (κ1) is 78.5. The molecule has 21 aromatic rings. The maximum atomic E-state index is 6.90. The highest BCUT2D eigenvalue weighted by Crippen LogP contribution is 2.57. The minimum Gasteiger partial charge on any atom is -0.456 e. The van der Waals surface area contributed by atoms with E-state index in [1.165, 1.54) is 71.3 Å². The van der Waals surface area contributed by atoms with E-state index in [1.807, 2.05) is 0 Å². The van der Waals surface area contributed by atoms with Crippen LogP contribution in [0.15, 0.2) is 387 Å². The van der Waals surface area contributed by atoms with Gasteiger partial charge in [-0.1, -0.05) is 344 Å². The Morgan fingerprint density at radius 2 is 0.531 bits per heavy atom. The van der Waals surface area contributed by atoms with E-state index < -0.39 is 0 Å². The molecule has 0 fully saturated rings. The van der Waals surface area contributed by atoms with E-state index in [2.05, 4.69) is 484 Å². The molecule has 0 saturated carbocycles. The number of fused-ring (bicyclic) bond motifs is 26. The van der Waals surface area contributed by atoms with Crippen LogP contribution in [-0.4, -0.2) is 15.8 Å². The van der Waals surface area contributed by atoms with Gasteiger partial charge in [0.2, 0.25) is 0 Å². The standard InChI is InChI=1S/C124H99BN4O/c1-121(2,3)90-61-88(62-91(69-90)122(4,5)6)89-67-114-118-115(68-89)129-113-75-95(127-109-46-28-26-44-97(109)99-54-48-85(66-111(99)127)77-33-19-14-20-34-77)52-56-107(113)125(118)106-55-51-94(126-108-45-27-25-43-96(108)98-53-47-84(65-110(98)126)76-31-17-13-18-32-76)74-112(106)128(114)119-100(78-35-21-15-22-36-78)70-92(123(7,8)9)72-102(119)86-41-29-39-80(59-86)82-49-57-116-104(63-82)105-64-83(50-58-117(105)130-116)81-40-30-42-87(60-81)103-73-93(124(10,11)12)71-101(120(103)129)79-37-23-16-24-38-79/h13-75H,1-12H3. The molecule has 13 bridgehead atoms. The zero-order chi connectivity index (χ0) is 88.1. The average molecular weight is 1670 g/mol. The molecule has 24 rings (SSSR count). The number of nitrogens with zero attached hydrogens (tertiary/aromatic N) is 4. The van der Waals surface area contributed by atoms with Crippen LogP contribution in [-0.2, 0) is 21.7 Å². The second-order valence-corrected chi connectivity index (χ2v) is 40.5. The number of hydrogen-bond acceptors (Lipinski definition) is 3. The van der Waals surface area contributed by atoms with E-state index in [0.717, 1.165) is 179 Å². The van der Waals surface area contributed by atoms with Crippen molar-refractivity contribution < 1.29 is 4.42 Å². The molecule has 18 aromatic carbocycles. The number of furan rings is 1. The summed E-state index contributed by atoms with van der Waals surface area (Å²) in [6.07, 6.45) is 0. The Hall–Kier alpha value is -15.0. The Kier molecular flexibility index (Phi) is 17.7. The molecule has 0 unspecified atom stereocenters. The van der Waals surface area contributed by atoms with Crippen LogP contribution in [0.1, 0.15) is 105 Å². The summed E-state index contributed by atoms with van der Waals surface area (Å²) in [5.74, 6) is 0. The maximum Gasteiger partial charge on any atom is 0.252 e. The van der Waals surface area contributed by atoms with Crippen LogP contribution in [0.2, 0.25) is 0 Å². The third-order valence-electron chi connectivity index (χ3n) is 28.2. The smallest absolute Gasteiger partial charge is 0.252 e. The number of aromatic nitrogens is 2. The lowest BCUT2D eigenvalue weighted by Gasteiger charge is -2.46. The largest absolute Gasteiger partial charge is 0.456 e. The third-order valence-corrected chi connectivity index (χ3v) is 28.2. The van der Waals surface area contributed by atoms with Crippen molar-refractivity contribution in [1.29, 1.82) is 0 Å². The normalized spacial score (nSPS) is 13.0. The van der Waals surface area contributed by atoms with Crippen molar-refractivity contribution in [1.82, 2.24) is 9.13 Å². The molecule has 624 valence electrons. The molecule has 0 atom stereocenters. The van der Waals surface area contributed by atoms with Crippen molar-refractivity contribution in [3.63, 3.8) is 0 Å². The number of hydrogen-bond donors (Lipinski definition) is 0. The fourth-order valence-corrected chi connectivity index (χ4v) is 21.3. The van der Waals surface area contributed by atoms with Crippen molar-refractivity contribution in [3.8, 4) is 112 Å². The van der Waals surface area contributed by atoms with Gasteiger partial charge in [-0.25, -0.2) is 0 Å². The Labute approximate surface area is 761 Å². The summed E-state index contributed by atoms with van der Waals surface area (Å²) < 4.78 is 12.0. The Morgan fingerprint density at radius 1 is 0.208 bits per heavy atom. The Bertz CT molecular complexity index is 7790. The number of para-hydroxylation sites is 2. The van der Waals surface area contributed by atoms with E-state index in [4.69, 9.17) is 4.42 Å². The highest BCUT2D eigenvalue weighted by molar-refractivity contribution is 7.00. The van der Waals surface area contributed by atoms with Gasteiger partial charge in [-0.15, -0.1) is 0 Å². The molecular weight excluding hydrogens is 1570 g/mol. The van der Waals surface area contributed by atoms with Gasteiger partial charge in [0.1, 0.15) is 11.2 Å². The minimum atomic E-state index is -0.364. The fourth-order valence-electron chi connectivity index (χ4n) is 21.3. The molecule has 130 heavy (non-hydrogen) atoms. The molecule has 3 aliphatic rings. The van der Waals surface area contributed by atoms with Gasteiger partial charge in [0.05, 0.1) is 33.4 Å². The lowest BCUT2D eigenvalue weighted by molar-refractivity contribution is 0.569. The SMILES string of the molecule is CC(C)(C)c1cc(-c2cc3c4c(c2)N2c5cc(-n6c7ccccc7c7ccc(-c8ccccc8)cc76)ccc5B4c4ccc(-n5c6ccccc6c6ccc(-c7ccccc7)cc65)cc4N3c3c(-c4ccccc4)cc(C(C)(C)C)cc3-c3cccc(c3)-c3ccc4oc5ccc(cc5c4c3)-c3cccc(c3)-c3cc(C(C)(C)C)cc(-c4ccccc4)c32)cc(C(C)(C)C)c1. The van der Waals surface area contributed by atoms with Gasteiger partial charge in [-0.2, -0.15) is 0 Å². The van der Waals surface area contributed by atoms with Crippen LogP contribution < -0.4 is 26.2 Å². The first-order valence-corrected chi connectivity index (χ1v) is 46.0. The zero-order valence-electron chi connectivity index (χ0n) is 75.6. The molecule has 6 heterocycles. The Balaban J connectivity index is 0.923. The summed E-state index contributed by atoms with van der Waals surface area (Å²) in [5, 5.41) is 6.93. The minimum absolute atomic E-state index is 0.223. The molecule has 6 heteroatoms. The van der Waals surface area contributed by atoms with Gasteiger partial charge >= 0.3 is 0 Å². The van der Waals surface area contributed by atoms with Gasteiger partial charge in [0, 0.05) is 88.7 Å². The molecule has 5 nitrogen and oxygen atoms in total. The highest BCUT2D eigenvalue weighted by Gasteiger charge is 2.47. The van der Waals surface area contributed by atoms with Crippen LogP contribution >= 0.6 is 0 Å². The number of benzene rings is 18. The lowest BCUT2D eigenvalue weighted by Crippen LogP contribution is -2.61. The molecule has 0 radical (unpaired) electrons. The lowest BCUT2D eigenvalue weighted by atomic mass is 9.33. The van der Waals surface area contributed by atoms with Crippen LogP contribution in [0.5, 0.6) is 0 Å². The molecule has 3 aliphatic heterocycles. The predicted molar refractivity (Wildman–Crippen MR) is 554 cm³/mol.